The Hall–Kier alpha value is -3.04. The monoisotopic (exact) mass is 571 g/mol. The van der Waals surface area contributed by atoms with Gasteiger partial charge in [0, 0.05) is 32.1 Å². The number of benzene rings is 3. The van der Waals surface area contributed by atoms with E-state index in [9.17, 15) is 9.59 Å². The SMILES string of the molecule is CCC(Sc1cccc(NC(=O)c2ccc(OC)cc2)c1)C(=O)Nc1nc(-c2ccc(Cl)cc2Cl)cs1. The first-order chi connectivity index (χ1) is 17.9. The number of carbonyl (C=O) groups excluding carboxylic acids is 2. The Morgan fingerprint density at radius 2 is 1.84 bits per heavy atom. The van der Waals surface area contributed by atoms with Gasteiger partial charge in [-0.25, -0.2) is 4.98 Å². The van der Waals surface area contributed by atoms with E-state index in [1.165, 1.54) is 23.1 Å². The summed E-state index contributed by atoms with van der Waals surface area (Å²) in [4.78, 5) is 31.0. The number of carbonyl (C=O) groups is 2. The molecule has 10 heteroatoms. The first kappa shape index (κ1) is 27.0. The number of thioether (sulfide) groups is 1. The van der Waals surface area contributed by atoms with Gasteiger partial charge in [-0.1, -0.05) is 36.2 Å². The summed E-state index contributed by atoms with van der Waals surface area (Å²) in [5.74, 6) is 0.305. The van der Waals surface area contributed by atoms with Crippen molar-refractivity contribution in [3.05, 3.63) is 87.7 Å². The van der Waals surface area contributed by atoms with Gasteiger partial charge in [-0.15, -0.1) is 23.1 Å². The van der Waals surface area contributed by atoms with Gasteiger partial charge in [-0.05, 0) is 67.1 Å². The van der Waals surface area contributed by atoms with E-state index in [2.05, 4.69) is 15.6 Å². The van der Waals surface area contributed by atoms with E-state index < -0.39 is 0 Å². The maximum Gasteiger partial charge on any atom is 0.255 e. The predicted molar refractivity (Wildman–Crippen MR) is 154 cm³/mol. The Morgan fingerprint density at radius 1 is 1.05 bits per heavy atom. The Bertz CT molecular complexity index is 1410. The van der Waals surface area contributed by atoms with Gasteiger partial charge in [-0.2, -0.15) is 0 Å². The molecule has 0 aliphatic carbocycles. The molecule has 37 heavy (non-hydrogen) atoms. The second kappa shape index (κ2) is 12.5. The molecule has 1 aromatic heterocycles. The lowest BCUT2D eigenvalue weighted by Crippen LogP contribution is -2.24. The van der Waals surface area contributed by atoms with Crippen LogP contribution < -0.4 is 15.4 Å². The zero-order valence-electron chi connectivity index (χ0n) is 20.0. The second-order valence-corrected chi connectivity index (χ2v) is 10.9. The van der Waals surface area contributed by atoms with E-state index in [1.54, 1.807) is 49.6 Å². The molecule has 1 unspecified atom stereocenters. The Balaban J connectivity index is 1.39. The smallest absolute Gasteiger partial charge is 0.255 e. The lowest BCUT2D eigenvalue weighted by Gasteiger charge is -2.14. The number of ether oxygens (including phenoxy) is 1. The number of aromatic nitrogens is 1. The van der Waals surface area contributed by atoms with E-state index in [-0.39, 0.29) is 17.1 Å². The fraction of sp³-hybridized carbons (Fsp3) is 0.148. The zero-order chi connectivity index (χ0) is 26.4. The van der Waals surface area contributed by atoms with E-state index in [4.69, 9.17) is 27.9 Å². The van der Waals surface area contributed by atoms with Gasteiger partial charge in [0.25, 0.3) is 5.91 Å². The molecule has 0 aliphatic rings. The van der Waals surface area contributed by atoms with Crippen LogP contribution in [0.1, 0.15) is 23.7 Å². The highest BCUT2D eigenvalue weighted by atomic mass is 35.5. The van der Waals surface area contributed by atoms with Crippen molar-refractivity contribution in [1.29, 1.82) is 0 Å². The molecule has 190 valence electrons. The lowest BCUT2D eigenvalue weighted by atomic mass is 10.2. The van der Waals surface area contributed by atoms with E-state index in [0.717, 1.165) is 10.5 Å². The van der Waals surface area contributed by atoms with Gasteiger partial charge in [0.05, 0.1) is 23.1 Å². The minimum atomic E-state index is -0.348. The van der Waals surface area contributed by atoms with Gasteiger partial charge >= 0.3 is 0 Å². The number of nitrogens with one attached hydrogen (secondary N) is 2. The van der Waals surface area contributed by atoms with Crippen LogP contribution in [0.4, 0.5) is 10.8 Å². The van der Waals surface area contributed by atoms with Gasteiger partial charge in [-0.3, -0.25) is 9.59 Å². The van der Waals surface area contributed by atoms with Crippen molar-refractivity contribution in [2.24, 2.45) is 0 Å². The molecule has 0 fully saturated rings. The summed E-state index contributed by atoms with van der Waals surface area (Å²) in [5.41, 5.74) is 2.58. The van der Waals surface area contributed by atoms with Crippen LogP contribution in [0.25, 0.3) is 11.3 Å². The summed E-state index contributed by atoms with van der Waals surface area (Å²) >= 11 is 15.0. The molecule has 2 N–H and O–H groups in total. The van der Waals surface area contributed by atoms with Crippen molar-refractivity contribution in [3.8, 4) is 17.0 Å². The maximum absolute atomic E-state index is 13.0. The number of halogens is 2. The van der Waals surface area contributed by atoms with Gasteiger partial charge < -0.3 is 15.4 Å². The standard InChI is InChI=1S/C27H23Cl2N3O3S2/c1-3-24(26(34)32-27-31-23(15-36-27)21-12-9-17(28)13-22(21)29)37-20-6-4-5-18(14-20)30-25(33)16-7-10-19(35-2)11-8-16/h4-15,24H,3H2,1-2H3,(H,30,33)(H,31,32,34). The first-order valence-electron chi connectivity index (χ1n) is 11.3. The molecule has 4 aromatic rings. The van der Waals surface area contributed by atoms with Crippen molar-refractivity contribution < 1.29 is 14.3 Å². The summed E-state index contributed by atoms with van der Waals surface area (Å²) in [7, 11) is 1.58. The third-order valence-corrected chi connectivity index (χ3v) is 7.99. The third-order valence-electron chi connectivity index (χ3n) is 5.33. The third kappa shape index (κ3) is 7.05. The molecule has 4 rings (SSSR count). The summed E-state index contributed by atoms with van der Waals surface area (Å²) in [6.07, 6.45) is 0.611. The van der Waals surface area contributed by atoms with E-state index in [1.807, 2.05) is 36.6 Å². The molecule has 0 saturated carbocycles. The number of methoxy groups -OCH3 is 1. The number of hydrogen-bond acceptors (Lipinski definition) is 6. The average molecular weight is 573 g/mol. The molecule has 0 saturated heterocycles. The van der Waals surface area contributed by atoms with Crippen molar-refractivity contribution in [2.45, 2.75) is 23.5 Å². The van der Waals surface area contributed by atoms with Gasteiger partial charge in [0.1, 0.15) is 5.75 Å². The van der Waals surface area contributed by atoms with Crippen LogP contribution in [0.2, 0.25) is 10.0 Å². The fourth-order valence-electron chi connectivity index (χ4n) is 3.42. The van der Waals surface area contributed by atoms with E-state index >= 15 is 0 Å². The molecule has 0 aliphatic heterocycles. The molecule has 3 aromatic carbocycles. The largest absolute Gasteiger partial charge is 0.497 e. The molecule has 1 atom stereocenters. The Morgan fingerprint density at radius 3 is 2.54 bits per heavy atom. The Labute approximate surface area is 233 Å². The Kier molecular flexibility index (Phi) is 9.10. The maximum atomic E-state index is 13.0. The van der Waals surface area contributed by atoms with Crippen LogP contribution in [0, 0.1) is 0 Å². The van der Waals surface area contributed by atoms with Crippen LogP contribution in [0.3, 0.4) is 0 Å². The molecule has 0 radical (unpaired) electrons. The highest BCUT2D eigenvalue weighted by molar-refractivity contribution is 8.00. The van der Waals surface area contributed by atoms with Gasteiger partial charge in [0.2, 0.25) is 5.91 Å². The number of hydrogen-bond donors (Lipinski definition) is 2. The van der Waals surface area contributed by atoms with Crippen LogP contribution >= 0.6 is 46.3 Å². The van der Waals surface area contributed by atoms with Crippen LogP contribution in [0.15, 0.2) is 77.0 Å². The summed E-state index contributed by atoms with van der Waals surface area (Å²) in [5, 5.41) is 8.84. The minimum absolute atomic E-state index is 0.150. The van der Waals surface area contributed by atoms with Crippen LogP contribution in [0.5, 0.6) is 5.75 Å². The van der Waals surface area contributed by atoms with Gasteiger partial charge in [0.15, 0.2) is 5.13 Å². The number of rotatable bonds is 9. The summed E-state index contributed by atoms with van der Waals surface area (Å²) in [6, 6.07) is 19.5. The fourth-order valence-corrected chi connectivity index (χ4v) is 5.65. The van der Waals surface area contributed by atoms with Crippen LogP contribution in [-0.4, -0.2) is 29.2 Å². The summed E-state index contributed by atoms with van der Waals surface area (Å²) < 4.78 is 5.14. The van der Waals surface area contributed by atoms with Crippen molar-refractivity contribution >= 4 is 68.9 Å². The molecular formula is C27H23Cl2N3O3S2. The van der Waals surface area contributed by atoms with E-state index in [0.29, 0.717) is 44.3 Å². The summed E-state index contributed by atoms with van der Waals surface area (Å²) in [6.45, 7) is 1.95. The average Bonchev–Trinajstić information content (AvgIpc) is 3.35. The molecule has 0 spiro atoms. The number of amides is 2. The molecule has 6 nitrogen and oxygen atoms in total. The van der Waals surface area contributed by atoms with Crippen molar-refractivity contribution in [1.82, 2.24) is 4.98 Å². The number of thiazole rings is 1. The first-order valence-corrected chi connectivity index (χ1v) is 13.8. The lowest BCUT2D eigenvalue weighted by molar-refractivity contribution is -0.115. The van der Waals surface area contributed by atoms with Crippen molar-refractivity contribution in [3.63, 3.8) is 0 Å². The topological polar surface area (TPSA) is 80.3 Å². The number of nitrogens with zero attached hydrogens (tertiary/aromatic N) is 1. The highest BCUT2D eigenvalue weighted by Crippen LogP contribution is 2.33. The zero-order valence-corrected chi connectivity index (χ0v) is 23.1. The molecule has 1 heterocycles. The second-order valence-electron chi connectivity index (χ2n) is 7.88. The molecule has 2 amide bonds. The predicted octanol–water partition coefficient (Wildman–Crippen LogP) is 7.89. The van der Waals surface area contributed by atoms with Crippen molar-refractivity contribution in [2.75, 3.05) is 17.7 Å². The molecule has 0 bridgehead atoms. The number of anilines is 2. The normalized spacial score (nSPS) is 11.6. The highest BCUT2D eigenvalue weighted by Gasteiger charge is 2.20. The molecular weight excluding hydrogens is 549 g/mol. The van der Waals surface area contributed by atoms with Crippen LogP contribution in [-0.2, 0) is 4.79 Å². The quantitative estimate of drug-likeness (QED) is 0.200. The minimum Gasteiger partial charge on any atom is -0.497 e.